The fourth-order valence-electron chi connectivity index (χ4n) is 3.02. The smallest absolute Gasteiger partial charge is 0.328 e. The monoisotopic (exact) mass is 465 g/mol. The van der Waals surface area contributed by atoms with Crippen molar-refractivity contribution in [2.75, 3.05) is 33.5 Å². The van der Waals surface area contributed by atoms with Gasteiger partial charge in [-0.2, -0.15) is 0 Å². The van der Waals surface area contributed by atoms with E-state index in [0.29, 0.717) is 34.1 Å². The van der Waals surface area contributed by atoms with Crippen molar-refractivity contribution in [3.05, 3.63) is 52.9 Å². The van der Waals surface area contributed by atoms with Crippen LogP contribution in [-0.4, -0.2) is 54.0 Å². The highest BCUT2D eigenvalue weighted by atomic mass is 32.2. The van der Waals surface area contributed by atoms with E-state index in [2.05, 4.69) is 0 Å². The third-order valence-corrected chi connectivity index (χ3v) is 5.92. The van der Waals surface area contributed by atoms with Gasteiger partial charge < -0.3 is 19.3 Å². The van der Waals surface area contributed by atoms with Crippen LogP contribution in [0.25, 0.3) is 6.08 Å². The van der Waals surface area contributed by atoms with E-state index in [1.54, 1.807) is 36.4 Å². The van der Waals surface area contributed by atoms with Crippen LogP contribution in [0.15, 0.2) is 41.8 Å². The van der Waals surface area contributed by atoms with Gasteiger partial charge in [0.1, 0.15) is 17.2 Å². The van der Waals surface area contributed by atoms with Gasteiger partial charge in [-0.15, -0.1) is 0 Å². The highest BCUT2D eigenvalue weighted by Crippen LogP contribution is 2.35. The molecule has 0 heterocycles. The molecule has 174 valence electrons. The van der Waals surface area contributed by atoms with Crippen LogP contribution in [-0.2, 0) is 25.2 Å². The maximum absolute atomic E-state index is 12.8. The van der Waals surface area contributed by atoms with Crippen molar-refractivity contribution in [2.45, 2.75) is 18.7 Å². The molecule has 0 aliphatic carbocycles. The summed E-state index contributed by atoms with van der Waals surface area (Å²) in [6, 6.07) is 8.79. The molecular formula is C22H27NO8S. The summed E-state index contributed by atoms with van der Waals surface area (Å²) < 4.78 is 41.4. The number of rotatable bonds is 11. The van der Waals surface area contributed by atoms with Crippen molar-refractivity contribution in [2.24, 2.45) is 0 Å². The van der Waals surface area contributed by atoms with E-state index in [0.717, 1.165) is 5.41 Å². The lowest BCUT2D eigenvalue weighted by Gasteiger charge is -2.26. The maximum atomic E-state index is 12.8. The number of hydrogen-bond donors (Lipinski definition) is 1. The van der Waals surface area contributed by atoms with Gasteiger partial charge in [-0.1, -0.05) is 12.1 Å². The Morgan fingerprint density at radius 1 is 1.06 bits per heavy atom. The molecule has 1 N–H and O–H groups in total. The van der Waals surface area contributed by atoms with Gasteiger partial charge in [0.2, 0.25) is 0 Å². The van der Waals surface area contributed by atoms with Crippen molar-refractivity contribution in [3.8, 4) is 17.2 Å². The summed E-state index contributed by atoms with van der Waals surface area (Å²) in [6.45, 7) is 1.47. The van der Waals surface area contributed by atoms with E-state index >= 15 is 0 Å². The second-order valence-corrected chi connectivity index (χ2v) is 8.63. The SMILES string of the molecule is COc1cc(OC)c(C=CS(=O)(=O)Cc2cccc(N(OC)C(C)C(=O)O)c2)c(OC)c1. The van der Waals surface area contributed by atoms with E-state index in [9.17, 15) is 18.3 Å². The molecule has 10 heteroatoms. The second kappa shape index (κ2) is 10.9. The molecule has 1 atom stereocenters. The molecule has 2 aromatic rings. The van der Waals surface area contributed by atoms with Crippen LogP contribution in [0.3, 0.4) is 0 Å². The number of aliphatic carboxylic acids is 1. The van der Waals surface area contributed by atoms with Crippen molar-refractivity contribution < 1.29 is 37.4 Å². The zero-order valence-corrected chi connectivity index (χ0v) is 19.4. The standard InChI is InChI=1S/C22H27NO8S/c1-15(22(24)25)23(31-5)17-8-6-7-16(11-17)14-32(26,27)10-9-19-20(29-3)12-18(28-2)13-21(19)30-4/h6-13,15H,14H2,1-5H3,(H,24,25). The summed E-state index contributed by atoms with van der Waals surface area (Å²) in [7, 11) is 2.10. The third-order valence-electron chi connectivity index (χ3n) is 4.63. The Kier molecular flexibility index (Phi) is 8.50. The summed E-state index contributed by atoms with van der Waals surface area (Å²) in [5.41, 5.74) is 1.35. The van der Waals surface area contributed by atoms with Gasteiger partial charge in [0.25, 0.3) is 0 Å². The maximum Gasteiger partial charge on any atom is 0.328 e. The number of carboxylic acids is 1. The van der Waals surface area contributed by atoms with E-state index in [1.165, 1.54) is 46.5 Å². The number of nitrogens with zero attached hydrogens (tertiary/aromatic N) is 1. The number of sulfone groups is 1. The van der Waals surface area contributed by atoms with Crippen LogP contribution >= 0.6 is 0 Å². The predicted molar refractivity (Wildman–Crippen MR) is 121 cm³/mol. The summed E-state index contributed by atoms with van der Waals surface area (Å²) >= 11 is 0. The molecule has 0 aliphatic rings. The topological polar surface area (TPSA) is 112 Å². The normalized spacial score (nSPS) is 12.4. The molecule has 0 saturated heterocycles. The van der Waals surface area contributed by atoms with Gasteiger partial charge in [0.15, 0.2) is 15.9 Å². The molecule has 2 aromatic carbocycles. The first kappa shape index (κ1) is 25.0. The molecule has 2 rings (SSSR count). The molecule has 0 bridgehead atoms. The lowest BCUT2D eigenvalue weighted by molar-refractivity contribution is -0.140. The Balaban J connectivity index is 2.32. The van der Waals surface area contributed by atoms with Crippen molar-refractivity contribution >= 4 is 27.6 Å². The highest BCUT2D eigenvalue weighted by molar-refractivity contribution is 7.93. The first-order valence-electron chi connectivity index (χ1n) is 9.51. The average Bonchev–Trinajstić information content (AvgIpc) is 2.77. The highest BCUT2D eigenvalue weighted by Gasteiger charge is 2.22. The summed E-state index contributed by atoms with van der Waals surface area (Å²) in [6.07, 6.45) is 1.41. The number of anilines is 1. The van der Waals surface area contributed by atoms with Gasteiger partial charge in [0, 0.05) is 17.5 Å². The molecule has 1 unspecified atom stereocenters. The number of carboxylic acid groups (broad SMARTS) is 1. The minimum absolute atomic E-state index is 0.295. The van der Waals surface area contributed by atoms with E-state index < -0.39 is 21.8 Å². The lowest BCUT2D eigenvalue weighted by atomic mass is 10.1. The molecular weight excluding hydrogens is 438 g/mol. The third kappa shape index (κ3) is 6.14. The molecule has 0 saturated carbocycles. The van der Waals surface area contributed by atoms with Crippen LogP contribution in [0.1, 0.15) is 18.1 Å². The Bertz CT molecular complexity index is 1060. The van der Waals surface area contributed by atoms with E-state index in [-0.39, 0.29) is 5.75 Å². The number of carbonyl (C=O) groups is 1. The van der Waals surface area contributed by atoms with Crippen molar-refractivity contribution in [1.29, 1.82) is 0 Å². The number of methoxy groups -OCH3 is 3. The second-order valence-electron chi connectivity index (χ2n) is 6.75. The fraction of sp³-hybridized carbons (Fsp3) is 0.318. The van der Waals surface area contributed by atoms with Crippen LogP contribution in [0.2, 0.25) is 0 Å². The van der Waals surface area contributed by atoms with Crippen molar-refractivity contribution in [3.63, 3.8) is 0 Å². The Labute approximate surface area is 187 Å². The Morgan fingerprint density at radius 2 is 1.69 bits per heavy atom. The number of hydroxylamine groups is 1. The number of hydrogen-bond acceptors (Lipinski definition) is 8. The molecule has 0 spiro atoms. The zero-order valence-electron chi connectivity index (χ0n) is 18.6. The fourth-order valence-corrected chi connectivity index (χ4v) is 4.10. The first-order chi connectivity index (χ1) is 15.1. The van der Waals surface area contributed by atoms with Crippen LogP contribution in [0.4, 0.5) is 5.69 Å². The summed E-state index contributed by atoms with van der Waals surface area (Å²) in [5.74, 6) is -0.0676. The van der Waals surface area contributed by atoms with Crippen LogP contribution < -0.4 is 19.3 Å². The van der Waals surface area contributed by atoms with Gasteiger partial charge in [-0.25, -0.2) is 18.3 Å². The molecule has 0 aliphatic heterocycles. The Morgan fingerprint density at radius 3 is 2.19 bits per heavy atom. The van der Waals surface area contributed by atoms with Gasteiger partial charge in [0.05, 0.1) is 45.4 Å². The van der Waals surface area contributed by atoms with Gasteiger partial charge >= 0.3 is 5.97 Å². The Hall–Kier alpha value is -3.24. The molecule has 0 amide bonds. The molecule has 32 heavy (non-hydrogen) atoms. The van der Waals surface area contributed by atoms with Gasteiger partial charge in [-0.3, -0.25) is 4.84 Å². The number of benzene rings is 2. The minimum atomic E-state index is -3.68. The minimum Gasteiger partial charge on any atom is -0.496 e. The molecule has 0 radical (unpaired) electrons. The van der Waals surface area contributed by atoms with Crippen molar-refractivity contribution in [1.82, 2.24) is 0 Å². The van der Waals surface area contributed by atoms with E-state index in [1.807, 2.05) is 0 Å². The quantitative estimate of drug-likeness (QED) is 0.500. The van der Waals surface area contributed by atoms with Crippen LogP contribution in [0.5, 0.6) is 17.2 Å². The lowest BCUT2D eigenvalue weighted by Crippen LogP contribution is -2.38. The zero-order chi connectivity index (χ0) is 23.9. The molecule has 9 nitrogen and oxygen atoms in total. The number of ether oxygens (including phenoxy) is 3. The van der Waals surface area contributed by atoms with Gasteiger partial charge in [-0.05, 0) is 30.7 Å². The first-order valence-corrected chi connectivity index (χ1v) is 11.2. The summed E-state index contributed by atoms with van der Waals surface area (Å²) in [4.78, 5) is 16.5. The predicted octanol–water partition coefficient (Wildman–Crippen LogP) is 3.14. The molecule has 0 aromatic heterocycles. The average molecular weight is 466 g/mol. The summed E-state index contributed by atoms with van der Waals surface area (Å²) in [5, 5.41) is 11.5. The molecule has 0 fully saturated rings. The van der Waals surface area contributed by atoms with Crippen LogP contribution in [0, 0.1) is 0 Å². The van der Waals surface area contributed by atoms with E-state index in [4.69, 9.17) is 19.0 Å². The largest absolute Gasteiger partial charge is 0.496 e.